The molecule has 0 radical (unpaired) electrons. The Balaban J connectivity index is 1.86. The smallest absolute Gasteiger partial charge is 0.275 e. The van der Waals surface area contributed by atoms with E-state index in [-0.39, 0.29) is 23.7 Å². The predicted octanol–water partition coefficient (Wildman–Crippen LogP) is 2.89. The number of nitrogens with zero attached hydrogens (tertiary/aromatic N) is 3. The van der Waals surface area contributed by atoms with Gasteiger partial charge in [-0.25, -0.2) is 4.39 Å². The van der Waals surface area contributed by atoms with Crippen LogP contribution in [0, 0.1) is 15.9 Å². The molecule has 26 heavy (non-hydrogen) atoms. The molecule has 0 aliphatic rings. The summed E-state index contributed by atoms with van der Waals surface area (Å²) in [5, 5.41) is 18.0. The highest BCUT2D eigenvalue weighted by molar-refractivity contribution is 6.05. The molecule has 3 aromatic rings. The number of benzene rings is 2. The number of nitro groups is 1. The van der Waals surface area contributed by atoms with Crippen molar-refractivity contribution in [3.05, 3.63) is 63.6 Å². The van der Waals surface area contributed by atoms with Gasteiger partial charge in [0.1, 0.15) is 0 Å². The summed E-state index contributed by atoms with van der Waals surface area (Å²) in [6.07, 6.45) is 0. The third kappa shape index (κ3) is 3.18. The standard InChI is InChI=1S/C17H15FN4O4/c1-21(9-10-3-6-15(26-2)13(18)7-10)17(23)16-12-8-11(22(24)25)4-5-14(12)19-20-16/h3-8H,9H2,1-2H3,(H,19,20). The van der Waals surface area contributed by atoms with Gasteiger partial charge in [0.25, 0.3) is 11.6 Å². The van der Waals surface area contributed by atoms with Crippen molar-refractivity contribution in [3.63, 3.8) is 0 Å². The molecule has 1 amide bonds. The lowest BCUT2D eigenvalue weighted by molar-refractivity contribution is -0.384. The highest BCUT2D eigenvalue weighted by Crippen LogP contribution is 2.24. The minimum atomic E-state index is -0.537. The van der Waals surface area contributed by atoms with Crippen LogP contribution < -0.4 is 4.74 Å². The molecule has 0 saturated heterocycles. The minimum Gasteiger partial charge on any atom is -0.494 e. The van der Waals surface area contributed by atoms with Gasteiger partial charge in [-0.05, 0) is 23.8 Å². The number of amides is 1. The van der Waals surface area contributed by atoms with E-state index < -0.39 is 16.6 Å². The maximum absolute atomic E-state index is 13.8. The molecule has 1 N–H and O–H groups in total. The van der Waals surface area contributed by atoms with Crippen LogP contribution in [0.1, 0.15) is 16.1 Å². The van der Waals surface area contributed by atoms with E-state index in [2.05, 4.69) is 10.2 Å². The molecule has 0 unspecified atom stereocenters. The lowest BCUT2D eigenvalue weighted by Crippen LogP contribution is -2.26. The molecule has 8 nitrogen and oxygen atoms in total. The van der Waals surface area contributed by atoms with Crippen molar-refractivity contribution >= 4 is 22.5 Å². The lowest BCUT2D eigenvalue weighted by Gasteiger charge is -2.16. The zero-order valence-corrected chi connectivity index (χ0v) is 14.0. The predicted molar refractivity (Wildman–Crippen MR) is 91.5 cm³/mol. The summed E-state index contributed by atoms with van der Waals surface area (Å²) in [6, 6.07) is 8.55. The molecule has 0 saturated carbocycles. The van der Waals surface area contributed by atoms with Gasteiger partial charge in [-0.1, -0.05) is 6.07 Å². The average Bonchev–Trinajstić information content (AvgIpc) is 3.04. The van der Waals surface area contributed by atoms with Gasteiger partial charge in [0.05, 0.1) is 17.5 Å². The molecule has 0 spiro atoms. The number of aromatic nitrogens is 2. The second-order valence-corrected chi connectivity index (χ2v) is 5.69. The zero-order chi connectivity index (χ0) is 18.8. The van der Waals surface area contributed by atoms with E-state index in [0.29, 0.717) is 16.5 Å². The van der Waals surface area contributed by atoms with Crippen LogP contribution in [0.25, 0.3) is 10.9 Å². The first-order valence-corrected chi connectivity index (χ1v) is 7.61. The number of ether oxygens (including phenoxy) is 1. The molecular formula is C17H15FN4O4. The van der Waals surface area contributed by atoms with E-state index in [1.54, 1.807) is 13.1 Å². The Morgan fingerprint density at radius 1 is 1.35 bits per heavy atom. The molecule has 2 aromatic carbocycles. The van der Waals surface area contributed by atoms with Crippen molar-refractivity contribution in [1.29, 1.82) is 0 Å². The van der Waals surface area contributed by atoms with Crippen molar-refractivity contribution in [2.24, 2.45) is 0 Å². The number of rotatable bonds is 5. The maximum Gasteiger partial charge on any atom is 0.275 e. The van der Waals surface area contributed by atoms with Gasteiger partial charge in [0, 0.05) is 31.1 Å². The van der Waals surface area contributed by atoms with Gasteiger partial charge in [-0.2, -0.15) is 5.10 Å². The number of methoxy groups -OCH3 is 1. The SMILES string of the molecule is COc1ccc(CN(C)C(=O)c2n[nH]c3ccc([N+](=O)[O-])cc23)cc1F. The number of halogens is 1. The van der Waals surface area contributed by atoms with Crippen LogP contribution in [0.3, 0.4) is 0 Å². The molecule has 0 bridgehead atoms. The van der Waals surface area contributed by atoms with E-state index in [1.165, 1.54) is 42.3 Å². The summed E-state index contributed by atoms with van der Waals surface area (Å²) in [6.45, 7) is 0.142. The minimum absolute atomic E-state index is 0.0696. The summed E-state index contributed by atoms with van der Waals surface area (Å²) < 4.78 is 18.7. The van der Waals surface area contributed by atoms with E-state index in [0.717, 1.165) is 0 Å². The molecule has 1 aromatic heterocycles. The van der Waals surface area contributed by atoms with Gasteiger partial charge in [-0.15, -0.1) is 0 Å². The quantitative estimate of drug-likeness (QED) is 0.558. The van der Waals surface area contributed by atoms with Crippen LogP contribution in [-0.4, -0.2) is 40.1 Å². The van der Waals surface area contributed by atoms with Crippen molar-refractivity contribution in [2.45, 2.75) is 6.54 Å². The van der Waals surface area contributed by atoms with Gasteiger partial charge >= 0.3 is 0 Å². The number of nitrogens with one attached hydrogen (secondary N) is 1. The molecule has 0 fully saturated rings. The molecule has 3 rings (SSSR count). The molecule has 0 aliphatic carbocycles. The number of hydrogen-bond acceptors (Lipinski definition) is 5. The Morgan fingerprint density at radius 3 is 2.77 bits per heavy atom. The van der Waals surface area contributed by atoms with Crippen LogP contribution in [0.2, 0.25) is 0 Å². The Kier molecular flexibility index (Phi) is 4.53. The zero-order valence-electron chi connectivity index (χ0n) is 14.0. The van der Waals surface area contributed by atoms with Crippen molar-refractivity contribution in [3.8, 4) is 5.75 Å². The molecule has 0 aliphatic heterocycles. The van der Waals surface area contributed by atoms with E-state index >= 15 is 0 Å². The first-order chi connectivity index (χ1) is 12.4. The normalized spacial score (nSPS) is 10.7. The third-order valence-corrected chi connectivity index (χ3v) is 3.94. The Morgan fingerprint density at radius 2 is 2.12 bits per heavy atom. The van der Waals surface area contributed by atoms with Crippen LogP contribution in [-0.2, 0) is 6.54 Å². The Hall–Kier alpha value is -3.49. The topological polar surface area (TPSA) is 101 Å². The van der Waals surface area contributed by atoms with E-state index in [9.17, 15) is 19.3 Å². The van der Waals surface area contributed by atoms with Gasteiger partial charge in [-0.3, -0.25) is 20.0 Å². The van der Waals surface area contributed by atoms with E-state index in [4.69, 9.17) is 4.74 Å². The van der Waals surface area contributed by atoms with Gasteiger partial charge in [0.15, 0.2) is 17.3 Å². The summed E-state index contributed by atoms with van der Waals surface area (Å²) in [5.41, 5.74) is 1.03. The van der Waals surface area contributed by atoms with Gasteiger partial charge < -0.3 is 9.64 Å². The molecule has 134 valence electrons. The van der Waals surface area contributed by atoms with E-state index in [1.807, 2.05) is 0 Å². The monoisotopic (exact) mass is 358 g/mol. The number of carbonyl (C=O) groups excluding carboxylic acids is 1. The third-order valence-electron chi connectivity index (χ3n) is 3.94. The summed E-state index contributed by atoms with van der Waals surface area (Å²) in [5.74, 6) is -0.840. The lowest BCUT2D eigenvalue weighted by atomic mass is 10.1. The fourth-order valence-electron chi connectivity index (χ4n) is 2.61. The molecule has 1 heterocycles. The first-order valence-electron chi connectivity index (χ1n) is 7.61. The van der Waals surface area contributed by atoms with Crippen LogP contribution >= 0.6 is 0 Å². The Labute approximate surface area is 147 Å². The largest absolute Gasteiger partial charge is 0.494 e. The fraction of sp³-hybridized carbons (Fsp3) is 0.176. The maximum atomic E-state index is 13.8. The Bertz CT molecular complexity index is 1000. The van der Waals surface area contributed by atoms with Crippen molar-refractivity contribution in [2.75, 3.05) is 14.2 Å². The van der Waals surface area contributed by atoms with Crippen molar-refractivity contribution < 1.29 is 18.8 Å². The fourth-order valence-corrected chi connectivity index (χ4v) is 2.61. The number of nitro benzene ring substituents is 1. The average molecular weight is 358 g/mol. The summed E-state index contributed by atoms with van der Waals surface area (Å²) >= 11 is 0. The summed E-state index contributed by atoms with van der Waals surface area (Å²) in [4.78, 5) is 24.4. The van der Waals surface area contributed by atoms with Crippen molar-refractivity contribution in [1.82, 2.24) is 15.1 Å². The first kappa shape index (κ1) is 17.3. The second kappa shape index (κ2) is 6.79. The van der Waals surface area contributed by atoms with Crippen LogP contribution in [0.5, 0.6) is 5.75 Å². The van der Waals surface area contributed by atoms with Crippen LogP contribution in [0.4, 0.5) is 10.1 Å². The number of non-ortho nitro benzene ring substituents is 1. The number of aromatic amines is 1. The second-order valence-electron chi connectivity index (χ2n) is 5.69. The molecule has 9 heteroatoms. The molecular weight excluding hydrogens is 343 g/mol. The van der Waals surface area contributed by atoms with Gasteiger partial charge in [0.2, 0.25) is 0 Å². The van der Waals surface area contributed by atoms with Crippen LogP contribution in [0.15, 0.2) is 36.4 Å². The highest BCUT2D eigenvalue weighted by atomic mass is 19.1. The summed E-state index contributed by atoms with van der Waals surface area (Å²) in [7, 11) is 2.91. The highest BCUT2D eigenvalue weighted by Gasteiger charge is 2.20. The number of carbonyl (C=O) groups is 1. The molecule has 0 atom stereocenters. The number of fused-ring (bicyclic) bond motifs is 1. The number of H-pyrrole nitrogens is 1. The number of hydrogen-bond donors (Lipinski definition) is 1.